The number of halogens is 10. The second kappa shape index (κ2) is 7.43. The van der Waals surface area contributed by atoms with Gasteiger partial charge >= 0.3 is 0 Å². The van der Waals surface area contributed by atoms with E-state index in [-0.39, 0.29) is 11.8 Å². The Labute approximate surface area is 147 Å². The molecule has 140 valence electrons. The summed E-state index contributed by atoms with van der Waals surface area (Å²) in [6.07, 6.45) is 0. The Balaban J connectivity index is 2.41. The van der Waals surface area contributed by atoms with Crippen molar-refractivity contribution in [2.45, 2.75) is 5.75 Å². The maximum Gasteiger partial charge on any atom is 0.200 e. The van der Waals surface area contributed by atoms with E-state index >= 15 is 0 Å². The molecule has 0 atom stereocenters. The van der Waals surface area contributed by atoms with Gasteiger partial charge in [0.1, 0.15) is 0 Å². The highest BCUT2D eigenvalue weighted by Gasteiger charge is 2.29. The third-order valence-electron chi connectivity index (χ3n) is 3.06. The maximum atomic E-state index is 13.6. The van der Waals surface area contributed by atoms with Crippen LogP contribution in [0.1, 0.15) is 11.1 Å². The van der Waals surface area contributed by atoms with Crippen molar-refractivity contribution >= 4 is 28.2 Å². The van der Waals surface area contributed by atoms with Gasteiger partial charge in [0, 0.05) is 11.3 Å². The second-order valence-corrected chi connectivity index (χ2v) is 6.22. The molecule has 0 unspecified atom stereocenters. The molecule has 2 aromatic carbocycles. The summed E-state index contributed by atoms with van der Waals surface area (Å²) in [5.41, 5.74) is -2.93. The van der Waals surface area contributed by atoms with E-state index in [1.807, 2.05) is 0 Å². The van der Waals surface area contributed by atoms with Crippen LogP contribution in [0.5, 0.6) is 0 Å². The molecule has 0 radical (unpaired) electrons. The SMILES string of the molecule is Fc1c(F)c(F)c(CSC(=S)c2c(F)c(F)c(F)c(F)c2F)c(F)c1F. The number of hydrogen-bond acceptors (Lipinski definition) is 2. The summed E-state index contributed by atoms with van der Waals surface area (Å²) >= 11 is 4.40. The second-order valence-electron chi connectivity index (χ2n) is 4.57. The number of rotatable bonds is 3. The van der Waals surface area contributed by atoms with E-state index in [0.29, 0.717) is 0 Å². The van der Waals surface area contributed by atoms with Gasteiger partial charge in [0.2, 0.25) is 11.6 Å². The molecule has 0 amide bonds. The molecule has 0 nitrogen and oxygen atoms in total. The Morgan fingerprint density at radius 3 is 1.23 bits per heavy atom. The fourth-order valence-electron chi connectivity index (χ4n) is 1.77. The van der Waals surface area contributed by atoms with Crippen LogP contribution in [0.2, 0.25) is 0 Å². The van der Waals surface area contributed by atoms with Crippen LogP contribution in [0.3, 0.4) is 0 Å². The first-order chi connectivity index (χ1) is 12.0. The smallest absolute Gasteiger partial charge is 0.200 e. The van der Waals surface area contributed by atoms with Crippen LogP contribution < -0.4 is 0 Å². The van der Waals surface area contributed by atoms with Crippen LogP contribution in [0, 0.1) is 58.2 Å². The number of thioether (sulfide) groups is 1. The van der Waals surface area contributed by atoms with Crippen molar-refractivity contribution in [3.05, 3.63) is 69.3 Å². The zero-order valence-corrected chi connectivity index (χ0v) is 13.4. The number of benzene rings is 2. The number of thiocarbonyl (C=S) groups is 1. The third-order valence-corrected chi connectivity index (χ3v) is 4.52. The lowest BCUT2D eigenvalue weighted by Gasteiger charge is -2.11. The van der Waals surface area contributed by atoms with Crippen LogP contribution in [0.4, 0.5) is 43.9 Å². The fraction of sp³-hybridized carbons (Fsp3) is 0.0714. The highest BCUT2D eigenvalue weighted by molar-refractivity contribution is 8.23. The molecule has 0 bridgehead atoms. The monoisotopic (exact) mass is 424 g/mol. The maximum absolute atomic E-state index is 13.6. The van der Waals surface area contributed by atoms with Gasteiger partial charge < -0.3 is 0 Å². The van der Waals surface area contributed by atoms with Gasteiger partial charge in [-0.25, -0.2) is 43.9 Å². The molecule has 12 heteroatoms. The summed E-state index contributed by atoms with van der Waals surface area (Å²) in [7, 11) is 0. The number of hydrogen-bond donors (Lipinski definition) is 0. The Hall–Kier alpha value is -1.82. The Morgan fingerprint density at radius 2 is 0.846 bits per heavy atom. The van der Waals surface area contributed by atoms with Crippen LogP contribution in [-0.4, -0.2) is 4.20 Å². The minimum Gasteiger partial charge on any atom is -0.203 e. The molecule has 26 heavy (non-hydrogen) atoms. The lowest BCUT2D eigenvalue weighted by Crippen LogP contribution is -2.11. The normalized spacial score (nSPS) is 11.2. The van der Waals surface area contributed by atoms with Gasteiger partial charge in [0.05, 0.1) is 9.76 Å². The largest absolute Gasteiger partial charge is 0.203 e. The molecule has 0 heterocycles. The summed E-state index contributed by atoms with van der Waals surface area (Å²) in [4.78, 5) is 0. The van der Waals surface area contributed by atoms with E-state index in [1.165, 1.54) is 0 Å². The van der Waals surface area contributed by atoms with Crippen molar-refractivity contribution in [3.63, 3.8) is 0 Å². The van der Waals surface area contributed by atoms with E-state index in [9.17, 15) is 43.9 Å². The molecule has 0 spiro atoms. The van der Waals surface area contributed by atoms with Gasteiger partial charge in [-0.1, -0.05) is 12.2 Å². The van der Waals surface area contributed by atoms with Crippen LogP contribution in [0.25, 0.3) is 0 Å². The molecule has 0 fully saturated rings. The predicted molar refractivity (Wildman–Crippen MR) is 75.5 cm³/mol. The molecule has 0 aromatic heterocycles. The minimum absolute atomic E-state index is 0.0543. The third kappa shape index (κ3) is 3.27. The first kappa shape index (κ1) is 20.5. The predicted octanol–water partition coefficient (Wildman–Crippen LogP) is 5.69. The lowest BCUT2D eigenvalue weighted by atomic mass is 10.2. The van der Waals surface area contributed by atoms with Gasteiger partial charge in [-0.3, -0.25) is 0 Å². The molecule has 0 aliphatic heterocycles. The van der Waals surface area contributed by atoms with Gasteiger partial charge in [-0.05, 0) is 0 Å². The molecular weight excluding hydrogens is 422 g/mol. The van der Waals surface area contributed by atoms with Gasteiger partial charge in [0.25, 0.3) is 0 Å². The fourth-order valence-corrected chi connectivity index (χ4v) is 2.98. The van der Waals surface area contributed by atoms with E-state index in [4.69, 9.17) is 0 Å². The van der Waals surface area contributed by atoms with Crippen molar-refractivity contribution in [2.24, 2.45) is 0 Å². The first-order valence-electron chi connectivity index (χ1n) is 6.19. The van der Waals surface area contributed by atoms with E-state index in [1.54, 1.807) is 0 Å². The van der Waals surface area contributed by atoms with Crippen molar-refractivity contribution in [1.82, 2.24) is 0 Å². The quantitative estimate of drug-likeness (QED) is 0.269. The topological polar surface area (TPSA) is 0 Å². The average molecular weight is 424 g/mol. The molecule has 0 N–H and O–H groups in total. The van der Waals surface area contributed by atoms with Crippen LogP contribution in [-0.2, 0) is 5.75 Å². The van der Waals surface area contributed by atoms with Gasteiger partial charge in [0.15, 0.2) is 46.5 Å². The Kier molecular flexibility index (Phi) is 5.85. The molecule has 0 saturated heterocycles. The van der Waals surface area contributed by atoms with Crippen LogP contribution in [0.15, 0.2) is 0 Å². The Bertz CT molecular complexity index is 867. The van der Waals surface area contributed by atoms with Crippen molar-refractivity contribution in [2.75, 3.05) is 0 Å². The van der Waals surface area contributed by atoms with E-state index in [2.05, 4.69) is 12.2 Å². The first-order valence-corrected chi connectivity index (χ1v) is 7.58. The van der Waals surface area contributed by atoms with Crippen molar-refractivity contribution < 1.29 is 43.9 Å². The highest BCUT2D eigenvalue weighted by Crippen LogP contribution is 2.31. The lowest BCUT2D eigenvalue weighted by molar-refractivity contribution is 0.372. The van der Waals surface area contributed by atoms with Gasteiger partial charge in [-0.15, -0.1) is 11.8 Å². The molecule has 0 aliphatic rings. The van der Waals surface area contributed by atoms with Crippen molar-refractivity contribution in [3.8, 4) is 0 Å². The van der Waals surface area contributed by atoms with E-state index in [0.717, 1.165) is 0 Å². The molecular formula is C14H2F10S2. The molecule has 2 rings (SSSR count). The zero-order valence-electron chi connectivity index (χ0n) is 11.8. The average Bonchev–Trinajstić information content (AvgIpc) is 2.61. The molecule has 0 aliphatic carbocycles. The highest BCUT2D eigenvalue weighted by atomic mass is 32.2. The summed E-state index contributed by atoms with van der Waals surface area (Å²) in [6, 6.07) is 0. The van der Waals surface area contributed by atoms with Gasteiger partial charge in [-0.2, -0.15) is 0 Å². The molecule has 0 saturated carbocycles. The minimum atomic E-state index is -2.45. The standard InChI is InChI=1S/C14H2F10S2/c15-4-2(5(16)9(20)12(23)8(4)19)1-26-14(25)3-6(17)10(21)13(24)11(22)7(3)18/h1H2. The molecule has 2 aromatic rings. The summed E-state index contributed by atoms with van der Waals surface area (Å²) in [6.45, 7) is 0. The summed E-state index contributed by atoms with van der Waals surface area (Å²) < 4.78 is 131. The van der Waals surface area contributed by atoms with Crippen LogP contribution >= 0.6 is 24.0 Å². The Morgan fingerprint density at radius 1 is 0.538 bits per heavy atom. The zero-order chi connectivity index (χ0) is 19.9. The summed E-state index contributed by atoms with van der Waals surface area (Å²) in [5.74, 6) is -24.1. The van der Waals surface area contributed by atoms with Crippen molar-refractivity contribution in [1.29, 1.82) is 0 Å². The van der Waals surface area contributed by atoms with E-state index < -0.39 is 79.2 Å². The summed E-state index contributed by atoms with van der Waals surface area (Å²) in [5, 5.41) is 0.